The summed E-state index contributed by atoms with van der Waals surface area (Å²) in [5, 5.41) is 0.802. The molecule has 1 saturated heterocycles. The molecule has 1 heterocycles. The fraction of sp³-hybridized carbons (Fsp3) is 0.571. The van der Waals surface area contributed by atoms with Crippen LogP contribution in [0.2, 0.25) is 5.02 Å². The number of benzene rings is 1. The maximum absolute atomic E-state index is 12.6. The van der Waals surface area contributed by atoms with E-state index < -0.39 is 0 Å². The second-order valence-electron chi connectivity index (χ2n) is 7.44. The first-order valence-corrected chi connectivity index (χ1v) is 9.90. The van der Waals surface area contributed by atoms with Gasteiger partial charge in [-0.1, -0.05) is 29.8 Å². The maximum Gasteiger partial charge on any atom is 0.222 e. The molecule has 1 aromatic rings. The van der Waals surface area contributed by atoms with Crippen molar-refractivity contribution in [1.29, 1.82) is 0 Å². The Kier molecular flexibility index (Phi) is 6.55. The van der Waals surface area contributed by atoms with Gasteiger partial charge >= 0.3 is 0 Å². The zero-order valence-electron chi connectivity index (χ0n) is 15.0. The van der Waals surface area contributed by atoms with Crippen LogP contribution in [0.15, 0.2) is 36.9 Å². The van der Waals surface area contributed by atoms with Gasteiger partial charge in [-0.05, 0) is 55.2 Å². The van der Waals surface area contributed by atoms with Crippen LogP contribution in [-0.4, -0.2) is 48.4 Å². The van der Waals surface area contributed by atoms with Gasteiger partial charge in [-0.2, -0.15) is 0 Å². The number of amides is 1. The fourth-order valence-corrected chi connectivity index (χ4v) is 4.30. The Bertz CT molecular complexity index is 570. The van der Waals surface area contributed by atoms with Crippen LogP contribution in [0, 0.1) is 5.92 Å². The minimum absolute atomic E-state index is 0.355. The van der Waals surface area contributed by atoms with Gasteiger partial charge in [0.1, 0.15) is 0 Å². The number of halogens is 1. The summed E-state index contributed by atoms with van der Waals surface area (Å²) in [6.45, 7) is 8.40. The molecule has 3 nitrogen and oxygen atoms in total. The van der Waals surface area contributed by atoms with Crippen LogP contribution in [-0.2, 0) is 4.79 Å². The molecular formula is C21H29ClN2O. The van der Waals surface area contributed by atoms with Crippen LogP contribution < -0.4 is 0 Å². The van der Waals surface area contributed by atoms with Crippen molar-refractivity contribution in [3.63, 3.8) is 0 Å². The Hall–Kier alpha value is -1.32. The highest BCUT2D eigenvalue weighted by atomic mass is 35.5. The minimum atomic E-state index is 0.355. The van der Waals surface area contributed by atoms with Crippen molar-refractivity contribution in [3.05, 3.63) is 47.5 Å². The van der Waals surface area contributed by atoms with E-state index in [1.54, 1.807) is 0 Å². The van der Waals surface area contributed by atoms with Crippen LogP contribution in [0.25, 0.3) is 0 Å². The quantitative estimate of drug-likeness (QED) is 0.729. The summed E-state index contributed by atoms with van der Waals surface area (Å²) in [5.74, 6) is 1.54. The molecule has 0 bridgehead atoms. The summed E-state index contributed by atoms with van der Waals surface area (Å²) >= 11 is 5.98. The molecule has 3 rings (SSSR count). The SMILES string of the molecule is C=CCN1CCN(C(=O)CC2CCC(c3ccc(Cl)cc3)CC2)CC1. The zero-order chi connectivity index (χ0) is 17.6. The number of hydrogen-bond acceptors (Lipinski definition) is 2. The second kappa shape index (κ2) is 8.86. The Labute approximate surface area is 156 Å². The smallest absolute Gasteiger partial charge is 0.222 e. The van der Waals surface area contributed by atoms with Gasteiger partial charge in [0.05, 0.1) is 0 Å². The molecule has 0 unspecified atom stereocenters. The van der Waals surface area contributed by atoms with Gasteiger partial charge in [0.15, 0.2) is 0 Å². The van der Waals surface area contributed by atoms with E-state index in [9.17, 15) is 4.79 Å². The Balaban J connectivity index is 1.42. The standard InChI is InChI=1S/C21H29ClN2O/c1-2-11-23-12-14-24(15-13-23)21(25)16-17-3-5-18(6-4-17)19-7-9-20(22)10-8-19/h2,7-10,17-18H,1,3-6,11-16H2. The third kappa shape index (κ3) is 5.08. The minimum Gasteiger partial charge on any atom is -0.340 e. The molecule has 1 aliphatic carbocycles. The van der Waals surface area contributed by atoms with Crippen LogP contribution in [0.4, 0.5) is 0 Å². The van der Waals surface area contributed by atoms with E-state index >= 15 is 0 Å². The average molecular weight is 361 g/mol. The lowest BCUT2D eigenvalue weighted by Crippen LogP contribution is -2.49. The van der Waals surface area contributed by atoms with E-state index in [1.165, 1.54) is 18.4 Å². The average Bonchev–Trinajstić information content (AvgIpc) is 2.64. The van der Waals surface area contributed by atoms with Gasteiger partial charge < -0.3 is 4.90 Å². The van der Waals surface area contributed by atoms with Crippen molar-refractivity contribution in [3.8, 4) is 0 Å². The molecule has 0 spiro atoms. The van der Waals surface area contributed by atoms with Crippen molar-refractivity contribution in [1.82, 2.24) is 9.80 Å². The molecular weight excluding hydrogens is 332 g/mol. The summed E-state index contributed by atoms with van der Waals surface area (Å²) in [6, 6.07) is 8.28. The highest BCUT2D eigenvalue weighted by Crippen LogP contribution is 2.37. The molecule has 25 heavy (non-hydrogen) atoms. The summed E-state index contributed by atoms with van der Waals surface area (Å²) in [7, 11) is 0. The van der Waals surface area contributed by atoms with Gasteiger partial charge in [0.25, 0.3) is 0 Å². The first kappa shape index (κ1) is 18.5. The Morgan fingerprint density at radius 2 is 1.72 bits per heavy atom. The van der Waals surface area contributed by atoms with Crippen molar-refractivity contribution in [2.24, 2.45) is 5.92 Å². The molecule has 1 amide bonds. The highest BCUT2D eigenvalue weighted by molar-refractivity contribution is 6.30. The van der Waals surface area contributed by atoms with Gasteiger partial charge in [0, 0.05) is 44.2 Å². The topological polar surface area (TPSA) is 23.6 Å². The Morgan fingerprint density at radius 1 is 1.08 bits per heavy atom. The number of nitrogens with zero attached hydrogens (tertiary/aromatic N) is 2. The van der Waals surface area contributed by atoms with Crippen molar-refractivity contribution in [2.75, 3.05) is 32.7 Å². The van der Waals surface area contributed by atoms with E-state index in [-0.39, 0.29) is 0 Å². The molecule has 136 valence electrons. The van der Waals surface area contributed by atoms with Gasteiger partial charge in [0.2, 0.25) is 5.91 Å². The summed E-state index contributed by atoms with van der Waals surface area (Å²) in [6.07, 6.45) is 7.37. The molecule has 0 radical (unpaired) electrons. The van der Waals surface area contributed by atoms with Crippen LogP contribution in [0.1, 0.15) is 43.6 Å². The lowest BCUT2D eigenvalue weighted by molar-refractivity contribution is -0.134. The number of carbonyl (C=O) groups excluding carboxylic acids is 1. The van der Waals surface area contributed by atoms with Crippen LogP contribution in [0.5, 0.6) is 0 Å². The van der Waals surface area contributed by atoms with Gasteiger partial charge in [-0.15, -0.1) is 6.58 Å². The first-order chi connectivity index (χ1) is 12.2. The van der Waals surface area contributed by atoms with E-state index in [0.29, 0.717) is 17.7 Å². The summed E-state index contributed by atoms with van der Waals surface area (Å²) in [4.78, 5) is 17.0. The monoisotopic (exact) mass is 360 g/mol. The molecule has 4 heteroatoms. The Morgan fingerprint density at radius 3 is 2.32 bits per heavy atom. The number of hydrogen-bond donors (Lipinski definition) is 0. The second-order valence-corrected chi connectivity index (χ2v) is 7.88. The van der Waals surface area contributed by atoms with Crippen molar-refractivity contribution >= 4 is 17.5 Å². The predicted molar refractivity (Wildman–Crippen MR) is 104 cm³/mol. The largest absolute Gasteiger partial charge is 0.340 e. The lowest BCUT2D eigenvalue weighted by atomic mass is 9.77. The molecule has 2 fully saturated rings. The summed E-state index contributed by atoms with van der Waals surface area (Å²) < 4.78 is 0. The third-order valence-corrected chi connectivity index (χ3v) is 6.02. The maximum atomic E-state index is 12.6. The van der Waals surface area contributed by atoms with E-state index in [0.717, 1.165) is 57.0 Å². The number of rotatable bonds is 5. The molecule has 0 aromatic heterocycles. The van der Waals surface area contributed by atoms with Gasteiger partial charge in [-0.25, -0.2) is 0 Å². The van der Waals surface area contributed by atoms with Crippen LogP contribution >= 0.6 is 11.6 Å². The van der Waals surface area contributed by atoms with E-state index in [2.05, 4.69) is 28.5 Å². The first-order valence-electron chi connectivity index (χ1n) is 9.52. The van der Waals surface area contributed by atoms with Gasteiger partial charge in [-0.3, -0.25) is 9.69 Å². The molecule has 0 N–H and O–H groups in total. The van der Waals surface area contributed by atoms with E-state index in [1.807, 2.05) is 18.2 Å². The molecule has 2 aliphatic rings. The highest BCUT2D eigenvalue weighted by Gasteiger charge is 2.27. The third-order valence-electron chi connectivity index (χ3n) is 5.76. The molecule has 1 aliphatic heterocycles. The van der Waals surface area contributed by atoms with E-state index in [4.69, 9.17) is 11.6 Å². The predicted octanol–water partition coefficient (Wildman–Crippen LogP) is 4.33. The van der Waals surface area contributed by atoms with Crippen molar-refractivity contribution < 1.29 is 4.79 Å². The normalized spacial score (nSPS) is 24.9. The zero-order valence-corrected chi connectivity index (χ0v) is 15.8. The van der Waals surface area contributed by atoms with Crippen LogP contribution in [0.3, 0.4) is 0 Å². The number of carbonyl (C=O) groups is 1. The fourth-order valence-electron chi connectivity index (χ4n) is 4.17. The number of piperazine rings is 1. The lowest BCUT2D eigenvalue weighted by Gasteiger charge is -2.35. The molecule has 0 atom stereocenters. The molecule has 1 saturated carbocycles. The van der Waals surface area contributed by atoms with Crippen molar-refractivity contribution in [2.45, 2.75) is 38.0 Å². The molecule has 1 aromatic carbocycles. The summed E-state index contributed by atoms with van der Waals surface area (Å²) in [5.41, 5.74) is 1.40.